The number of carboxylic acids is 1. The van der Waals surface area contributed by atoms with Crippen molar-refractivity contribution in [3.05, 3.63) is 23.0 Å². The molecule has 2 aromatic rings. The van der Waals surface area contributed by atoms with Crippen molar-refractivity contribution in [2.24, 2.45) is 0 Å². The van der Waals surface area contributed by atoms with Crippen molar-refractivity contribution in [1.29, 1.82) is 0 Å². The quantitative estimate of drug-likeness (QED) is 0.835. The Morgan fingerprint density at radius 3 is 2.94 bits per heavy atom. The Labute approximate surface area is 91.1 Å². The number of hydrogen-bond donors (Lipinski definition) is 1. The number of carboxylic acid groups (broad SMARTS) is 1. The van der Waals surface area contributed by atoms with Crippen LogP contribution < -0.4 is 0 Å². The highest BCUT2D eigenvalue weighted by molar-refractivity contribution is 6.02. The maximum Gasteiger partial charge on any atom is 0.336 e. The van der Waals surface area contributed by atoms with Crippen LogP contribution in [0.5, 0.6) is 0 Å². The van der Waals surface area contributed by atoms with Gasteiger partial charge in [0, 0.05) is 11.6 Å². The Morgan fingerprint density at radius 2 is 2.31 bits per heavy atom. The molecule has 1 fully saturated rings. The third-order valence-electron chi connectivity index (χ3n) is 2.80. The standard InChI is InChI=1S/C11H10N2O3/c1-5-4-7(11(14)15)8-9(6-2-3-6)13-16-10(8)12-5/h4,6H,2-3H2,1H3,(H,14,15). The predicted molar refractivity (Wildman–Crippen MR) is 55.5 cm³/mol. The largest absolute Gasteiger partial charge is 0.478 e. The molecule has 1 aliphatic carbocycles. The summed E-state index contributed by atoms with van der Waals surface area (Å²) in [5.74, 6) is -0.607. The van der Waals surface area contributed by atoms with Gasteiger partial charge in [-0.05, 0) is 25.8 Å². The molecule has 2 aromatic heterocycles. The van der Waals surface area contributed by atoms with Crippen molar-refractivity contribution in [1.82, 2.24) is 10.1 Å². The predicted octanol–water partition coefficient (Wildman–Crippen LogP) is 2.11. The summed E-state index contributed by atoms with van der Waals surface area (Å²) in [7, 11) is 0. The van der Waals surface area contributed by atoms with E-state index in [2.05, 4.69) is 10.1 Å². The van der Waals surface area contributed by atoms with Crippen molar-refractivity contribution < 1.29 is 14.4 Å². The molecule has 0 radical (unpaired) electrons. The molecule has 1 N–H and O–H groups in total. The maximum atomic E-state index is 11.2. The lowest BCUT2D eigenvalue weighted by Crippen LogP contribution is -2.00. The molecule has 16 heavy (non-hydrogen) atoms. The molecule has 0 atom stereocenters. The molecule has 0 unspecified atom stereocenters. The molecule has 0 amide bonds. The second kappa shape index (κ2) is 3.04. The van der Waals surface area contributed by atoms with Crippen molar-refractivity contribution in [2.75, 3.05) is 0 Å². The van der Waals surface area contributed by atoms with Crippen LogP contribution in [0.4, 0.5) is 0 Å². The van der Waals surface area contributed by atoms with Crippen LogP contribution in [0.15, 0.2) is 10.6 Å². The first-order valence-electron chi connectivity index (χ1n) is 5.17. The lowest BCUT2D eigenvalue weighted by molar-refractivity contribution is 0.0698. The molecule has 0 aromatic carbocycles. The van der Waals surface area contributed by atoms with E-state index in [0.717, 1.165) is 18.5 Å². The van der Waals surface area contributed by atoms with E-state index in [1.54, 1.807) is 13.0 Å². The Bertz CT molecular complexity index is 584. The van der Waals surface area contributed by atoms with Crippen LogP contribution in [-0.2, 0) is 0 Å². The van der Waals surface area contributed by atoms with E-state index in [0.29, 0.717) is 22.7 Å². The number of carbonyl (C=O) groups is 1. The van der Waals surface area contributed by atoms with E-state index in [9.17, 15) is 4.79 Å². The minimum atomic E-state index is -0.958. The zero-order chi connectivity index (χ0) is 11.3. The number of aromatic nitrogens is 2. The minimum absolute atomic E-state index is 0.241. The highest BCUT2D eigenvalue weighted by Gasteiger charge is 2.31. The minimum Gasteiger partial charge on any atom is -0.478 e. The third kappa shape index (κ3) is 1.28. The molecule has 2 heterocycles. The number of pyridine rings is 1. The van der Waals surface area contributed by atoms with Gasteiger partial charge in [-0.15, -0.1) is 0 Å². The van der Waals surface area contributed by atoms with Crippen molar-refractivity contribution >= 4 is 17.1 Å². The number of aromatic carboxylic acids is 1. The van der Waals surface area contributed by atoms with E-state index in [4.69, 9.17) is 9.63 Å². The first-order chi connectivity index (χ1) is 7.66. The average molecular weight is 218 g/mol. The van der Waals surface area contributed by atoms with Gasteiger partial charge in [0.1, 0.15) is 0 Å². The first-order valence-corrected chi connectivity index (χ1v) is 5.17. The van der Waals surface area contributed by atoms with Gasteiger partial charge < -0.3 is 9.63 Å². The second-order valence-corrected chi connectivity index (χ2v) is 4.14. The molecular weight excluding hydrogens is 208 g/mol. The van der Waals surface area contributed by atoms with E-state index >= 15 is 0 Å². The van der Waals surface area contributed by atoms with Gasteiger partial charge in [0.15, 0.2) is 0 Å². The molecule has 0 spiro atoms. The molecule has 5 heteroatoms. The summed E-state index contributed by atoms with van der Waals surface area (Å²) in [5, 5.41) is 13.7. The van der Waals surface area contributed by atoms with Gasteiger partial charge in [0.05, 0.1) is 16.6 Å². The Balaban J connectivity index is 2.35. The zero-order valence-corrected chi connectivity index (χ0v) is 8.73. The number of nitrogens with zero attached hydrogens (tertiary/aromatic N) is 2. The smallest absolute Gasteiger partial charge is 0.336 e. The van der Waals surface area contributed by atoms with Crippen LogP contribution in [0, 0.1) is 6.92 Å². The Kier molecular flexibility index (Phi) is 1.77. The fourth-order valence-electron chi connectivity index (χ4n) is 1.90. The lowest BCUT2D eigenvalue weighted by atomic mass is 10.1. The highest BCUT2D eigenvalue weighted by Crippen LogP contribution is 2.43. The summed E-state index contributed by atoms with van der Waals surface area (Å²) in [4.78, 5) is 15.3. The summed E-state index contributed by atoms with van der Waals surface area (Å²) >= 11 is 0. The number of hydrogen-bond acceptors (Lipinski definition) is 4. The molecule has 82 valence electrons. The van der Waals surface area contributed by atoms with Crippen molar-refractivity contribution in [3.63, 3.8) is 0 Å². The summed E-state index contributed by atoms with van der Waals surface area (Å²) < 4.78 is 5.10. The van der Waals surface area contributed by atoms with E-state index in [1.165, 1.54) is 0 Å². The Morgan fingerprint density at radius 1 is 1.56 bits per heavy atom. The van der Waals surface area contributed by atoms with Crippen molar-refractivity contribution in [3.8, 4) is 0 Å². The summed E-state index contributed by atoms with van der Waals surface area (Å²) in [5.41, 5.74) is 1.95. The van der Waals surface area contributed by atoms with Crippen LogP contribution in [0.3, 0.4) is 0 Å². The van der Waals surface area contributed by atoms with Gasteiger partial charge in [-0.3, -0.25) is 0 Å². The normalized spacial score (nSPS) is 15.6. The average Bonchev–Trinajstić information content (AvgIpc) is 2.98. The fourth-order valence-corrected chi connectivity index (χ4v) is 1.90. The van der Waals surface area contributed by atoms with Gasteiger partial charge in [0.25, 0.3) is 5.71 Å². The van der Waals surface area contributed by atoms with E-state index < -0.39 is 5.97 Å². The molecule has 0 aliphatic heterocycles. The summed E-state index contributed by atoms with van der Waals surface area (Å²) in [6.45, 7) is 1.74. The summed E-state index contributed by atoms with van der Waals surface area (Å²) in [6, 6.07) is 1.56. The van der Waals surface area contributed by atoms with Gasteiger partial charge >= 0.3 is 5.97 Å². The van der Waals surface area contributed by atoms with Crippen LogP contribution in [0.1, 0.15) is 40.5 Å². The fraction of sp³-hybridized carbons (Fsp3) is 0.364. The van der Waals surface area contributed by atoms with E-state index in [1.807, 2.05) is 0 Å². The molecular formula is C11H10N2O3. The van der Waals surface area contributed by atoms with Crippen molar-refractivity contribution in [2.45, 2.75) is 25.7 Å². The zero-order valence-electron chi connectivity index (χ0n) is 8.73. The van der Waals surface area contributed by atoms with Crippen LogP contribution >= 0.6 is 0 Å². The molecule has 1 aliphatic rings. The van der Waals surface area contributed by atoms with Crippen LogP contribution in [0.2, 0.25) is 0 Å². The van der Waals surface area contributed by atoms with Crippen LogP contribution in [0.25, 0.3) is 11.1 Å². The van der Waals surface area contributed by atoms with Crippen LogP contribution in [-0.4, -0.2) is 21.2 Å². The van der Waals surface area contributed by atoms with Gasteiger partial charge in [0.2, 0.25) is 0 Å². The highest BCUT2D eigenvalue weighted by atomic mass is 16.5. The number of fused-ring (bicyclic) bond motifs is 1. The maximum absolute atomic E-state index is 11.2. The van der Waals surface area contributed by atoms with Gasteiger partial charge in [-0.2, -0.15) is 0 Å². The van der Waals surface area contributed by atoms with Gasteiger partial charge in [-0.25, -0.2) is 9.78 Å². The second-order valence-electron chi connectivity index (χ2n) is 4.14. The van der Waals surface area contributed by atoms with E-state index in [-0.39, 0.29) is 5.56 Å². The number of aryl methyl sites for hydroxylation is 1. The summed E-state index contributed by atoms with van der Waals surface area (Å²) in [6.07, 6.45) is 2.10. The SMILES string of the molecule is Cc1cc(C(=O)O)c2c(C3CC3)noc2n1. The molecule has 0 saturated heterocycles. The molecule has 0 bridgehead atoms. The third-order valence-corrected chi connectivity index (χ3v) is 2.80. The topological polar surface area (TPSA) is 76.2 Å². The monoisotopic (exact) mass is 218 g/mol. The lowest BCUT2D eigenvalue weighted by Gasteiger charge is -1.99. The number of rotatable bonds is 2. The molecule has 1 saturated carbocycles. The molecule has 3 rings (SSSR count). The first kappa shape index (κ1) is 9.33. The molecule has 5 nitrogen and oxygen atoms in total. The van der Waals surface area contributed by atoms with Gasteiger partial charge in [-0.1, -0.05) is 5.16 Å². The Hall–Kier alpha value is -1.91.